The third-order valence-electron chi connectivity index (χ3n) is 1.35. The van der Waals surface area contributed by atoms with E-state index in [0.29, 0.717) is 12.4 Å². The molecular formula is C9H9O3. The van der Waals surface area contributed by atoms with Crippen molar-refractivity contribution in [3.05, 3.63) is 36.8 Å². The molecule has 1 aromatic rings. The second kappa shape index (κ2) is 3.76. The van der Waals surface area contributed by atoms with Crippen molar-refractivity contribution in [1.82, 2.24) is 0 Å². The zero-order chi connectivity index (χ0) is 8.97. The maximum absolute atomic E-state index is 10.5. The molecule has 0 aliphatic carbocycles. The lowest BCUT2D eigenvalue weighted by molar-refractivity contribution is 0.0696. The van der Waals surface area contributed by atoms with Crippen molar-refractivity contribution >= 4 is 5.97 Å². The van der Waals surface area contributed by atoms with Crippen LogP contribution in [0.25, 0.3) is 0 Å². The van der Waals surface area contributed by atoms with Crippen LogP contribution >= 0.6 is 0 Å². The van der Waals surface area contributed by atoms with Crippen LogP contribution in [0.5, 0.6) is 5.75 Å². The van der Waals surface area contributed by atoms with Crippen molar-refractivity contribution in [3.8, 4) is 5.75 Å². The first-order chi connectivity index (χ1) is 5.74. The molecule has 3 nitrogen and oxygen atoms in total. The fourth-order valence-corrected chi connectivity index (χ4v) is 0.837. The highest BCUT2D eigenvalue weighted by molar-refractivity contribution is 5.87. The Morgan fingerprint density at radius 1 is 1.58 bits per heavy atom. The number of aromatic carboxylic acids is 1. The van der Waals surface area contributed by atoms with E-state index in [9.17, 15) is 4.79 Å². The number of hydrogen-bond donors (Lipinski definition) is 1. The molecule has 1 radical (unpaired) electrons. The zero-order valence-corrected chi connectivity index (χ0v) is 6.49. The Hall–Kier alpha value is -1.51. The maximum Gasteiger partial charge on any atom is 0.335 e. The Bertz CT molecular complexity index is 281. The molecule has 0 saturated carbocycles. The summed E-state index contributed by atoms with van der Waals surface area (Å²) in [5, 5.41) is 8.61. The summed E-state index contributed by atoms with van der Waals surface area (Å²) in [5.41, 5.74) is 0.223. The summed E-state index contributed by atoms with van der Waals surface area (Å²) >= 11 is 0. The van der Waals surface area contributed by atoms with Gasteiger partial charge in [0, 0.05) is 0 Å². The Kier molecular flexibility index (Phi) is 2.69. The van der Waals surface area contributed by atoms with Crippen molar-refractivity contribution in [2.75, 3.05) is 6.61 Å². The monoisotopic (exact) mass is 165 g/mol. The summed E-state index contributed by atoms with van der Waals surface area (Å²) in [6.45, 7) is 3.78. The second-order valence-corrected chi connectivity index (χ2v) is 2.18. The number of hydrogen-bond acceptors (Lipinski definition) is 2. The van der Waals surface area contributed by atoms with Crippen LogP contribution < -0.4 is 4.74 Å². The van der Waals surface area contributed by atoms with Gasteiger partial charge in [-0.1, -0.05) is 6.07 Å². The molecule has 0 spiro atoms. The molecule has 1 rings (SSSR count). The molecule has 63 valence electrons. The predicted molar refractivity (Wildman–Crippen MR) is 44.3 cm³/mol. The zero-order valence-electron chi connectivity index (χ0n) is 6.49. The Morgan fingerprint density at radius 3 is 2.92 bits per heavy atom. The molecule has 0 bridgehead atoms. The molecule has 0 heterocycles. The van der Waals surface area contributed by atoms with E-state index in [1.165, 1.54) is 12.1 Å². The van der Waals surface area contributed by atoms with Gasteiger partial charge in [0.15, 0.2) is 0 Å². The number of rotatable bonds is 3. The van der Waals surface area contributed by atoms with E-state index in [1.54, 1.807) is 12.1 Å². The van der Waals surface area contributed by atoms with Crippen LogP contribution in [0.15, 0.2) is 24.3 Å². The number of carboxylic acids is 1. The normalized spacial score (nSPS) is 9.42. The van der Waals surface area contributed by atoms with Gasteiger partial charge in [-0.15, -0.1) is 0 Å². The third-order valence-corrected chi connectivity index (χ3v) is 1.35. The first-order valence-electron chi connectivity index (χ1n) is 3.49. The van der Waals surface area contributed by atoms with Gasteiger partial charge >= 0.3 is 5.97 Å². The number of carboxylic acid groups (broad SMARTS) is 1. The minimum Gasteiger partial charge on any atom is -0.494 e. The molecule has 1 aromatic carbocycles. The lowest BCUT2D eigenvalue weighted by atomic mass is 10.2. The quantitative estimate of drug-likeness (QED) is 0.739. The van der Waals surface area contributed by atoms with E-state index in [-0.39, 0.29) is 5.56 Å². The highest BCUT2D eigenvalue weighted by Crippen LogP contribution is 2.12. The van der Waals surface area contributed by atoms with Gasteiger partial charge < -0.3 is 9.84 Å². The van der Waals surface area contributed by atoms with Gasteiger partial charge in [0.25, 0.3) is 0 Å². The molecule has 12 heavy (non-hydrogen) atoms. The molecule has 0 aliphatic heterocycles. The minimum absolute atomic E-state index is 0.223. The van der Waals surface area contributed by atoms with Crippen LogP contribution in [0.2, 0.25) is 0 Å². The Morgan fingerprint density at radius 2 is 2.33 bits per heavy atom. The maximum atomic E-state index is 10.5. The van der Waals surface area contributed by atoms with Gasteiger partial charge in [0.1, 0.15) is 5.75 Å². The van der Waals surface area contributed by atoms with Crippen LogP contribution in [0.4, 0.5) is 0 Å². The largest absolute Gasteiger partial charge is 0.494 e. The average Bonchev–Trinajstić information content (AvgIpc) is 2.05. The molecule has 0 unspecified atom stereocenters. The van der Waals surface area contributed by atoms with Crippen LogP contribution in [-0.2, 0) is 0 Å². The SMILES string of the molecule is [CH2]COc1cccc(C(=O)O)c1. The average molecular weight is 165 g/mol. The molecule has 1 N–H and O–H groups in total. The van der Waals surface area contributed by atoms with Crippen LogP contribution in [0.3, 0.4) is 0 Å². The van der Waals surface area contributed by atoms with Gasteiger partial charge in [-0.25, -0.2) is 4.79 Å². The fraction of sp³-hybridized carbons (Fsp3) is 0.111. The highest BCUT2D eigenvalue weighted by Gasteiger charge is 2.02. The van der Waals surface area contributed by atoms with Crippen molar-refractivity contribution in [2.45, 2.75) is 0 Å². The molecule has 0 fully saturated rings. The fourth-order valence-electron chi connectivity index (χ4n) is 0.837. The van der Waals surface area contributed by atoms with Gasteiger partial charge in [-0.05, 0) is 25.1 Å². The van der Waals surface area contributed by atoms with Crippen LogP contribution in [0.1, 0.15) is 10.4 Å². The Balaban J connectivity index is 2.88. The summed E-state index contributed by atoms with van der Waals surface area (Å²) in [4.78, 5) is 10.5. The van der Waals surface area contributed by atoms with Crippen LogP contribution in [-0.4, -0.2) is 17.7 Å². The summed E-state index contributed by atoms with van der Waals surface area (Å²) in [6, 6.07) is 6.30. The van der Waals surface area contributed by atoms with Crippen molar-refractivity contribution in [2.24, 2.45) is 0 Å². The number of carbonyl (C=O) groups is 1. The van der Waals surface area contributed by atoms with E-state index in [4.69, 9.17) is 9.84 Å². The third kappa shape index (κ3) is 1.99. The number of benzene rings is 1. The molecule has 0 atom stereocenters. The lowest BCUT2D eigenvalue weighted by Gasteiger charge is -2.02. The van der Waals surface area contributed by atoms with Crippen LogP contribution in [0, 0.1) is 6.92 Å². The van der Waals surface area contributed by atoms with Gasteiger partial charge in [-0.3, -0.25) is 0 Å². The molecule has 0 aliphatic rings. The van der Waals surface area contributed by atoms with Crippen molar-refractivity contribution in [3.63, 3.8) is 0 Å². The molecule has 0 saturated heterocycles. The summed E-state index contributed by atoms with van der Waals surface area (Å²) in [5.74, 6) is -0.422. The first kappa shape index (κ1) is 8.59. The number of ether oxygens (including phenoxy) is 1. The highest BCUT2D eigenvalue weighted by atomic mass is 16.5. The standard InChI is InChI=1S/C9H9O3/c1-2-12-8-5-3-4-7(6-8)9(10)11/h3-6H,1-2H2,(H,10,11). The van der Waals surface area contributed by atoms with E-state index in [0.717, 1.165) is 0 Å². The molecule has 0 aromatic heterocycles. The first-order valence-corrected chi connectivity index (χ1v) is 3.49. The van der Waals surface area contributed by atoms with Gasteiger partial charge in [-0.2, -0.15) is 0 Å². The topological polar surface area (TPSA) is 46.5 Å². The minimum atomic E-state index is -0.954. The molecular weight excluding hydrogens is 156 g/mol. The Labute approximate surface area is 70.6 Å². The van der Waals surface area contributed by atoms with E-state index >= 15 is 0 Å². The van der Waals surface area contributed by atoms with Gasteiger partial charge in [0.2, 0.25) is 0 Å². The van der Waals surface area contributed by atoms with Crippen molar-refractivity contribution < 1.29 is 14.6 Å². The molecule has 3 heteroatoms. The molecule has 0 amide bonds. The second-order valence-electron chi connectivity index (χ2n) is 2.18. The summed E-state index contributed by atoms with van der Waals surface area (Å²) in [7, 11) is 0. The van der Waals surface area contributed by atoms with E-state index < -0.39 is 5.97 Å². The van der Waals surface area contributed by atoms with E-state index in [2.05, 4.69) is 6.92 Å². The predicted octanol–water partition coefficient (Wildman–Crippen LogP) is 1.60. The van der Waals surface area contributed by atoms with E-state index in [1.807, 2.05) is 0 Å². The van der Waals surface area contributed by atoms with Crippen molar-refractivity contribution in [1.29, 1.82) is 0 Å². The van der Waals surface area contributed by atoms with Gasteiger partial charge in [0.05, 0.1) is 12.2 Å². The smallest absolute Gasteiger partial charge is 0.335 e. The summed E-state index contributed by atoms with van der Waals surface area (Å²) < 4.78 is 5.02. The summed E-state index contributed by atoms with van der Waals surface area (Å²) in [6.07, 6.45) is 0. The lowest BCUT2D eigenvalue weighted by Crippen LogP contribution is -1.97.